The number of hydrogen-bond acceptors (Lipinski definition) is 1. The van der Waals surface area contributed by atoms with Gasteiger partial charge in [0.1, 0.15) is 0 Å². The van der Waals surface area contributed by atoms with Crippen molar-refractivity contribution in [2.75, 3.05) is 16.8 Å². The van der Waals surface area contributed by atoms with Gasteiger partial charge < -0.3 is 4.90 Å². The summed E-state index contributed by atoms with van der Waals surface area (Å²) in [6.07, 6.45) is 1.53. The van der Waals surface area contributed by atoms with Crippen LogP contribution in [0.5, 0.6) is 0 Å². The first kappa shape index (κ1) is 12.2. The summed E-state index contributed by atoms with van der Waals surface area (Å²) in [5, 5.41) is 0.721. The number of rotatable bonds is 5. The van der Waals surface area contributed by atoms with Crippen LogP contribution in [0.1, 0.15) is 19.8 Å². The lowest BCUT2D eigenvalue weighted by atomic mass is 10.2. The number of carbonyl (C=O) groups is 1. The first-order valence-corrected chi connectivity index (χ1v) is 6.33. The summed E-state index contributed by atoms with van der Waals surface area (Å²) in [5.41, 5.74) is 0.991. The lowest BCUT2D eigenvalue weighted by Crippen LogP contribution is -2.31. The maximum absolute atomic E-state index is 11.8. The Balaban J connectivity index is 2.78. The summed E-state index contributed by atoms with van der Waals surface area (Å²) < 4.78 is 0. The Bertz CT molecular complexity index is 300. The van der Waals surface area contributed by atoms with E-state index in [9.17, 15) is 4.79 Å². The number of carbonyl (C=O) groups excluding carboxylic acids is 1. The van der Waals surface area contributed by atoms with E-state index < -0.39 is 0 Å². The standard InChI is InChI=1S/C12H16BrNO/c1-2-10-14(12(15)8-9-13)11-6-4-3-5-7-11/h3-7H,2,8-10H2,1H3. The molecular weight excluding hydrogens is 254 g/mol. The SMILES string of the molecule is CCCN(C(=O)CCBr)c1ccccc1. The molecule has 0 fully saturated rings. The van der Waals surface area contributed by atoms with Gasteiger partial charge in [-0.2, -0.15) is 0 Å². The molecule has 0 unspecified atom stereocenters. The van der Waals surface area contributed by atoms with Gasteiger partial charge in [0.05, 0.1) is 0 Å². The summed E-state index contributed by atoms with van der Waals surface area (Å²) in [6.45, 7) is 2.87. The highest BCUT2D eigenvalue weighted by atomic mass is 79.9. The molecule has 3 heteroatoms. The Morgan fingerprint density at radius 2 is 2.00 bits per heavy atom. The molecule has 0 aliphatic rings. The third-order valence-corrected chi connectivity index (χ3v) is 2.52. The molecule has 0 atom stereocenters. The number of para-hydroxylation sites is 1. The van der Waals surface area contributed by atoms with Gasteiger partial charge in [-0.1, -0.05) is 41.1 Å². The van der Waals surface area contributed by atoms with E-state index in [0.29, 0.717) is 6.42 Å². The topological polar surface area (TPSA) is 20.3 Å². The van der Waals surface area contributed by atoms with Crippen molar-refractivity contribution in [3.63, 3.8) is 0 Å². The van der Waals surface area contributed by atoms with Gasteiger partial charge in [-0.3, -0.25) is 4.79 Å². The van der Waals surface area contributed by atoms with Crippen molar-refractivity contribution in [3.05, 3.63) is 30.3 Å². The minimum atomic E-state index is 0.180. The average molecular weight is 270 g/mol. The van der Waals surface area contributed by atoms with E-state index in [1.54, 1.807) is 0 Å². The van der Waals surface area contributed by atoms with Crippen molar-refractivity contribution in [1.82, 2.24) is 0 Å². The fourth-order valence-electron chi connectivity index (χ4n) is 1.45. The number of halogens is 1. The first-order valence-electron chi connectivity index (χ1n) is 5.21. The predicted octanol–water partition coefficient (Wildman–Crippen LogP) is 3.21. The number of hydrogen-bond donors (Lipinski definition) is 0. The fraction of sp³-hybridized carbons (Fsp3) is 0.417. The summed E-state index contributed by atoms with van der Waals surface area (Å²) in [5.74, 6) is 0.180. The zero-order valence-electron chi connectivity index (χ0n) is 8.95. The van der Waals surface area contributed by atoms with Gasteiger partial charge in [0, 0.05) is 24.0 Å². The Labute approximate surface area is 99.4 Å². The van der Waals surface area contributed by atoms with Gasteiger partial charge in [0.2, 0.25) is 5.91 Å². The van der Waals surface area contributed by atoms with E-state index in [0.717, 1.165) is 24.0 Å². The lowest BCUT2D eigenvalue weighted by Gasteiger charge is -2.21. The second kappa shape index (κ2) is 6.62. The Kier molecular flexibility index (Phi) is 5.40. The van der Waals surface area contributed by atoms with Crippen molar-refractivity contribution in [1.29, 1.82) is 0 Å². The Morgan fingerprint density at radius 1 is 1.33 bits per heavy atom. The molecule has 0 heterocycles. The number of alkyl halides is 1. The highest BCUT2D eigenvalue weighted by Crippen LogP contribution is 2.15. The van der Waals surface area contributed by atoms with Crippen LogP contribution in [0.4, 0.5) is 5.69 Å². The lowest BCUT2D eigenvalue weighted by molar-refractivity contribution is -0.118. The van der Waals surface area contributed by atoms with Gasteiger partial charge in [-0.05, 0) is 18.6 Å². The molecule has 0 aliphatic heterocycles. The van der Waals surface area contributed by atoms with E-state index in [-0.39, 0.29) is 5.91 Å². The monoisotopic (exact) mass is 269 g/mol. The van der Waals surface area contributed by atoms with Gasteiger partial charge in [-0.25, -0.2) is 0 Å². The van der Waals surface area contributed by atoms with E-state index in [4.69, 9.17) is 0 Å². The number of amides is 1. The minimum Gasteiger partial charge on any atom is -0.312 e. The number of benzene rings is 1. The van der Waals surface area contributed by atoms with Gasteiger partial charge in [0.15, 0.2) is 0 Å². The largest absolute Gasteiger partial charge is 0.312 e. The van der Waals surface area contributed by atoms with Crippen LogP contribution in [0, 0.1) is 0 Å². The van der Waals surface area contributed by atoms with Crippen LogP contribution in [0.3, 0.4) is 0 Å². The van der Waals surface area contributed by atoms with Crippen LogP contribution in [-0.2, 0) is 4.79 Å². The van der Waals surface area contributed by atoms with Crippen LogP contribution in [0.15, 0.2) is 30.3 Å². The van der Waals surface area contributed by atoms with Gasteiger partial charge in [-0.15, -0.1) is 0 Å². The number of nitrogens with zero attached hydrogens (tertiary/aromatic N) is 1. The van der Waals surface area contributed by atoms with Crippen LogP contribution >= 0.6 is 15.9 Å². The molecule has 0 N–H and O–H groups in total. The summed E-state index contributed by atoms with van der Waals surface area (Å²) in [6, 6.07) is 9.82. The molecule has 0 saturated heterocycles. The highest BCUT2D eigenvalue weighted by molar-refractivity contribution is 9.09. The van der Waals surface area contributed by atoms with Gasteiger partial charge >= 0.3 is 0 Å². The van der Waals surface area contributed by atoms with Crippen molar-refractivity contribution in [2.24, 2.45) is 0 Å². The van der Waals surface area contributed by atoms with Crippen LogP contribution < -0.4 is 4.90 Å². The van der Waals surface area contributed by atoms with E-state index in [2.05, 4.69) is 22.9 Å². The van der Waals surface area contributed by atoms with Crippen LogP contribution in [-0.4, -0.2) is 17.8 Å². The third-order valence-electron chi connectivity index (χ3n) is 2.12. The summed E-state index contributed by atoms with van der Waals surface area (Å²) in [7, 11) is 0. The third kappa shape index (κ3) is 3.67. The molecule has 1 aromatic rings. The molecule has 0 spiro atoms. The van der Waals surface area contributed by atoms with Crippen molar-refractivity contribution < 1.29 is 4.79 Å². The zero-order valence-corrected chi connectivity index (χ0v) is 10.5. The molecule has 1 amide bonds. The van der Waals surface area contributed by atoms with E-state index in [1.165, 1.54) is 0 Å². The first-order chi connectivity index (χ1) is 7.29. The maximum atomic E-state index is 11.8. The summed E-state index contributed by atoms with van der Waals surface area (Å²) in [4.78, 5) is 13.7. The summed E-state index contributed by atoms with van der Waals surface area (Å²) >= 11 is 3.29. The molecule has 1 rings (SSSR count). The molecule has 0 bridgehead atoms. The molecule has 2 nitrogen and oxygen atoms in total. The second-order valence-electron chi connectivity index (χ2n) is 3.32. The predicted molar refractivity (Wildman–Crippen MR) is 67.5 cm³/mol. The van der Waals surface area contributed by atoms with Crippen LogP contribution in [0.2, 0.25) is 0 Å². The second-order valence-corrected chi connectivity index (χ2v) is 4.11. The molecule has 0 radical (unpaired) electrons. The Morgan fingerprint density at radius 3 is 2.53 bits per heavy atom. The van der Waals surface area contributed by atoms with Gasteiger partial charge in [0.25, 0.3) is 0 Å². The molecule has 1 aromatic carbocycles. The Hall–Kier alpha value is -0.830. The fourth-order valence-corrected chi connectivity index (χ4v) is 1.78. The van der Waals surface area contributed by atoms with E-state index in [1.807, 2.05) is 35.2 Å². The van der Waals surface area contributed by atoms with E-state index >= 15 is 0 Å². The quantitative estimate of drug-likeness (QED) is 0.752. The minimum absolute atomic E-state index is 0.180. The average Bonchev–Trinajstić information content (AvgIpc) is 2.27. The smallest absolute Gasteiger partial charge is 0.227 e. The van der Waals surface area contributed by atoms with Crippen molar-refractivity contribution >= 4 is 27.5 Å². The molecule has 0 aliphatic carbocycles. The molecular formula is C12H16BrNO. The number of anilines is 1. The highest BCUT2D eigenvalue weighted by Gasteiger charge is 2.12. The zero-order chi connectivity index (χ0) is 11.1. The van der Waals surface area contributed by atoms with Crippen molar-refractivity contribution in [3.8, 4) is 0 Å². The normalized spacial score (nSPS) is 10.0. The molecule has 0 saturated carbocycles. The molecule has 0 aromatic heterocycles. The van der Waals surface area contributed by atoms with Crippen molar-refractivity contribution in [2.45, 2.75) is 19.8 Å². The molecule has 15 heavy (non-hydrogen) atoms. The maximum Gasteiger partial charge on any atom is 0.227 e. The van der Waals surface area contributed by atoms with Crippen LogP contribution in [0.25, 0.3) is 0 Å². The molecule has 82 valence electrons.